The van der Waals surface area contributed by atoms with Gasteiger partial charge in [-0.05, 0) is 74.7 Å². The Bertz CT molecular complexity index is 1880. The summed E-state index contributed by atoms with van der Waals surface area (Å²) in [5, 5.41) is 12.6. The van der Waals surface area contributed by atoms with Gasteiger partial charge in [0.1, 0.15) is 0 Å². The zero-order valence-corrected chi connectivity index (χ0v) is 31.1. The number of fused-ring (bicyclic) bond motifs is 4. The number of allylic oxidation sites excluding steroid dienone is 2. The van der Waals surface area contributed by atoms with E-state index in [2.05, 4.69) is 11.1 Å². The molecule has 0 saturated carbocycles. The Labute approximate surface area is 288 Å². The van der Waals surface area contributed by atoms with E-state index in [0.29, 0.717) is 5.71 Å². The van der Waals surface area contributed by atoms with E-state index < -0.39 is 11.8 Å². The average Bonchev–Trinajstić information content (AvgIpc) is 3.54. The molecular formula is C38H47IrN2O3S-. The molecule has 243 valence electrons. The Balaban J connectivity index is 0.000000322. The number of carbonyl (C=O) groups excluding carboxylic acids is 1. The normalized spacial score (nSPS) is 13.2. The fraction of sp³-hybridized carbons (Fsp3) is 0.447. The van der Waals surface area contributed by atoms with E-state index in [-0.39, 0.29) is 43.5 Å². The maximum absolute atomic E-state index is 11.7. The molecule has 0 aliphatic heterocycles. The van der Waals surface area contributed by atoms with Gasteiger partial charge in [-0.1, -0.05) is 65.5 Å². The molecule has 4 aromatic heterocycles. The van der Waals surface area contributed by atoms with Gasteiger partial charge in [-0.15, -0.1) is 29.5 Å². The molecule has 5 aromatic rings. The second-order valence-corrected chi connectivity index (χ2v) is 13.7. The molecule has 0 spiro atoms. The van der Waals surface area contributed by atoms with Crippen molar-refractivity contribution in [1.82, 2.24) is 9.97 Å². The van der Waals surface area contributed by atoms with Gasteiger partial charge < -0.3 is 14.5 Å². The number of carbonyl (C=O) groups is 1. The number of ketones is 1. The SMILES string of the molecule is CCC(CC)C(=O)/C=C(\O)C(CC)CC.[2H]C([2H])(c1c(C)sc2cc(-c3[c-]ccc4c3oc3nc(C)ccc34)ncc12)C(C)(C)C.[Ir]. The van der Waals surface area contributed by atoms with Gasteiger partial charge in [-0.25, -0.2) is 4.98 Å². The second-order valence-electron chi connectivity index (χ2n) is 12.5. The standard InChI is InChI=1S/C25H23N2OS.C13H24O2.Ir/c1-14-9-10-17-16-7-6-8-18(23(16)28-24(17)27-14)21-11-22-20(13-26-21)19(15(2)29-22)12-25(3,4)5;1-5-10(6-2)12(14)9-13(15)11(7-3)8-4;/h6-7,9-11,13H,12H2,1-5H3;9-11,14H,5-8H2,1-4H3;/q-1;;/b;12-9-;/i12D2;;. The third kappa shape index (κ3) is 8.49. The van der Waals surface area contributed by atoms with E-state index in [1.54, 1.807) is 17.5 Å². The van der Waals surface area contributed by atoms with Crippen LogP contribution in [0.5, 0.6) is 0 Å². The Hall–Kier alpha value is -2.86. The van der Waals surface area contributed by atoms with Gasteiger partial charge in [0, 0.05) is 73.0 Å². The third-order valence-corrected chi connectivity index (χ3v) is 9.09. The maximum Gasteiger partial charge on any atom is 0.216 e. The molecule has 5 nitrogen and oxygen atoms in total. The molecule has 1 aromatic carbocycles. The van der Waals surface area contributed by atoms with Crippen molar-refractivity contribution >= 4 is 49.3 Å². The van der Waals surface area contributed by atoms with Gasteiger partial charge >= 0.3 is 0 Å². The molecule has 1 N–H and O–H groups in total. The monoisotopic (exact) mass is 806 g/mol. The molecule has 0 unspecified atom stereocenters. The summed E-state index contributed by atoms with van der Waals surface area (Å²) in [4.78, 5) is 21.9. The number of hydrogen-bond acceptors (Lipinski definition) is 6. The van der Waals surface area contributed by atoms with Crippen molar-refractivity contribution in [1.29, 1.82) is 0 Å². The summed E-state index contributed by atoms with van der Waals surface area (Å²) < 4.78 is 24.7. The van der Waals surface area contributed by atoms with Crippen LogP contribution in [0.3, 0.4) is 0 Å². The molecule has 0 fully saturated rings. The number of aromatic nitrogens is 2. The summed E-state index contributed by atoms with van der Waals surface area (Å²) in [6, 6.07) is 13.2. The van der Waals surface area contributed by atoms with Crippen LogP contribution in [0.4, 0.5) is 0 Å². The number of aryl methyl sites for hydroxylation is 2. The molecule has 5 rings (SSSR count). The van der Waals surface area contributed by atoms with E-state index in [9.17, 15) is 9.90 Å². The molecule has 45 heavy (non-hydrogen) atoms. The van der Waals surface area contributed by atoms with Gasteiger partial charge in [0.2, 0.25) is 5.71 Å². The molecule has 4 heterocycles. The van der Waals surface area contributed by atoms with E-state index in [1.807, 2.05) is 92.6 Å². The smallest absolute Gasteiger partial charge is 0.216 e. The van der Waals surface area contributed by atoms with Crippen LogP contribution in [0.15, 0.2) is 52.8 Å². The first-order valence-electron chi connectivity index (χ1n) is 16.7. The number of thiophene rings is 1. The van der Waals surface area contributed by atoms with Crippen molar-refractivity contribution in [3.63, 3.8) is 0 Å². The molecule has 0 atom stereocenters. The zero-order chi connectivity index (χ0) is 34.0. The zero-order valence-electron chi connectivity index (χ0n) is 29.9. The van der Waals surface area contributed by atoms with E-state index in [1.165, 1.54) is 6.08 Å². The molecule has 1 radical (unpaired) electrons. The third-order valence-electron chi connectivity index (χ3n) is 8.03. The number of aliphatic hydroxyl groups excluding tert-OH is 1. The van der Waals surface area contributed by atoms with Crippen LogP contribution in [-0.2, 0) is 31.3 Å². The average molecular weight is 806 g/mol. The minimum atomic E-state index is -1.47. The number of nitrogens with zero attached hydrogens (tertiary/aromatic N) is 2. The van der Waals surface area contributed by atoms with Crippen molar-refractivity contribution in [2.45, 2.75) is 94.4 Å². The molecule has 0 aliphatic carbocycles. The van der Waals surface area contributed by atoms with Crippen LogP contribution in [0.25, 0.3) is 43.4 Å². The largest absolute Gasteiger partial charge is 0.512 e. The van der Waals surface area contributed by atoms with Crippen molar-refractivity contribution in [2.75, 3.05) is 0 Å². The quantitative estimate of drug-likeness (QED) is 0.0912. The van der Waals surface area contributed by atoms with Gasteiger partial charge in [0.05, 0.1) is 11.3 Å². The van der Waals surface area contributed by atoms with Crippen LogP contribution in [0, 0.1) is 37.2 Å². The fourth-order valence-electron chi connectivity index (χ4n) is 5.47. The van der Waals surface area contributed by atoms with Crippen molar-refractivity contribution < 1.29 is 37.2 Å². The fourth-order valence-corrected chi connectivity index (χ4v) is 6.49. The number of pyridine rings is 2. The Morgan fingerprint density at radius 1 is 1.04 bits per heavy atom. The predicted octanol–water partition coefficient (Wildman–Crippen LogP) is 11.1. The Morgan fingerprint density at radius 3 is 2.33 bits per heavy atom. The molecule has 0 aliphatic rings. The minimum absolute atomic E-state index is 0. The predicted molar refractivity (Wildman–Crippen MR) is 185 cm³/mol. The molecule has 0 saturated heterocycles. The topological polar surface area (TPSA) is 76.2 Å². The van der Waals surface area contributed by atoms with Crippen LogP contribution in [0.2, 0.25) is 0 Å². The summed E-state index contributed by atoms with van der Waals surface area (Å²) in [5.74, 6) is 0.547. The Kier molecular flexibility index (Phi) is 11.6. The number of aliphatic hydroxyl groups is 1. The summed E-state index contributed by atoms with van der Waals surface area (Å²) in [7, 11) is 0. The molecule has 7 heteroatoms. The van der Waals surface area contributed by atoms with Crippen molar-refractivity contribution in [3.05, 3.63) is 70.6 Å². The number of rotatable bonds is 9. The summed E-state index contributed by atoms with van der Waals surface area (Å²) >= 11 is 1.61. The minimum Gasteiger partial charge on any atom is -0.512 e. The van der Waals surface area contributed by atoms with Crippen molar-refractivity contribution in [2.24, 2.45) is 17.3 Å². The first kappa shape index (κ1) is 33.5. The maximum atomic E-state index is 11.7. The molecular weight excluding hydrogens is 757 g/mol. The van der Waals surface area contributed by atoms with E-state index >= 15 is 0 Å². The van der Waals surface area contributed by atoms with Gasteiger partial charge in [0.15, 0.2) is 5.78 Å². The first-order valence-corrected chi connectivity index (χ1v) is 16.5. The summed E-state index contributed by atoms with van der Waals surface area (Å²) in [5.41, 5.74) is 4.02. The van der Waals surface area contributed by atoms with Crippen LogP contribution in [-0.4, -0.2) is 20.9 Å². The number of benzene rings is 1. The van der Waals surface area contributed by atoms with E-state index in [4.69, 9.17) is 12.1 Å². The summed E-state index contributed by atoms with van der Waals surface area (Å²) in [6.07, 6.45) is 5.24. The molecule has 0 bridgehead atoms. The van der Waals surface area contributed by atoms with Gasteiger partial charge in [-0.2, -0.15) is 0 Å². The van der Waals surface area contributed by atoms with Crippen LogP contribution < -0.4 is 0 Å². The number of furan rings is 1. The van der Waals surface area contributed by atoms with Crippen molar-refractivity contribution in [3.8, 4) is 11.3 Å². The van der Waals surface area contributed by atoms with Crippen LogP contribution in [0.1, 0.15) is 93.0 Å². The second kappa shape index (κ2) is 15.6. The molecule has 0 amide bonds. The first-order chi connectivity index (χ1) is 21.7. The van der Waals surface area contributed by atoms with Crippen LogP contribution >= 0.6 is 11.3 Å². The summed E-state index contributed by atoms with van der Waals surface area (Å²) in [6.45, 7) is 17.8. The number of hydrogen-bond donors (Lipinski definition) is 1. The van der Waals surface area contributed by atoms with Gasteiger partial charge in [-0.3, -0.25) is 4.79 Å². The Morgan fingerprint density at radius 2 is 1.71 bits per heavy atom. The van der Waals surface area contributed by atoms with E-state index in [0.717, 1.165) is 79.5 Å². The van der Waals surface area contributed by atoms with Gasteiger partial charge in [0.25, 0.3) is 0 Å².